The lowest BCUT2D eigenvalue weighted by Gasteiger charge is -2.40. The third kappa shape index (κ3) is 3.61. The van der Waals surface area contributed by atoms with Gasteiger partial charge in [-0.05, 0) is 17.7 Å². The van der Waals surface area contributed by atoms with Gasteiger partial charge in [-0.3, -0.25) is 4.57 Å². The fraction of sp³-hybridized carbons (Fsp3) is 0.389. The Morgan fingerprint density at radius 3 is 2.66 bits per heavy atom. The average Bonchev–Trinajstić information content (AvgIpc) is 3.15. The third-order valence-electron chi connectivity index (χ3n) is 4.87. The Bertz CT molecular complexity index is 996. The zero-order chi connectivity index (χ0) is 20.5. The van der Waals surface area contributed by atoms with E-state index in [2.05, 4.69) is 20.3 Å². The van der Waals surface area contributed by atoms with E-state index in [-0.39, 0.29) is 5.75 Å². The van der Waals surface area contributed by atoms with E-state index in [1.165, 1.54) is 17.2 Å². The maximum Gasteiger partial charge on any atom is 0.167 e. The van der Waals surface area contributed by atoms with Crippen LogP contribution in [-0.4, -0.2) is 76.1 Å². The molecule has 6 N–H and O–H groups in total. The molecule has 1 aromatic carbocycles. The lowest BCUT2D eigenvalue weighted by atomic mass is 9.98. The number of phenols is 1. The van der Waals surface area contributed by atoms with Gasteiger partial charge >= 0.3 is 0 Å². The third-order valence-corrected chi connectivity index (χ3v) is 4.87. The van der Waals surface area contributed by atoms with Crippen LogP contribution >= 0.6 is 0 Å². The second-order valence-corrected chi connectivity index (χ2v) is 6.79. The summed E-state index contributed by atoms with van der Waals surface area (Å²) in [6, 6.07) is 6.78. The second-order valence-electron chi connectivity index (χ2n) is 6.79. The molecule has 29 heavy (non-hydrogen) atoms. The second kappa shape index (κ2) is 7.89. The number of aliphatic hydroxyl groups excluding tert-OH is 4. The zero-order valence-electron chi connectivity index (χ0n) is 15.2. The van der Waals surface area contributed by atoms with Crippen molar-refractivity contribution in [3.05, 3.63) is 42.5 Å². The number of aromatic nitrogens is 4. The van der Waals surface area contributed by atoms with Crippen LogP contribution in [-0.2, 0) is 11.3 Å². The molecule has 3 aromatic rings. The molecule has 1 aliphatic rings. The maximum absolute atomic E-state index is 10.4. The molecule has 4 rings (SSSR count). The first-order valence-corrected chi connectivity index (χ1v) is 8.99. The van der Waals surface area contributed by atoms with Crippen LogP contribution in [0.5, 0.6) is 5.75 Å². The normalized spacial score (nSPS) is 27.2. The highest BCUT2D eigenvalue weighted by Gasteiger charge is 2.44. The molecule has 0 amide bonds. The van der Waals surface area contributed by atoms with Gasteiger partial charge in [-0.2, -0.15) is 0 Å². The van der Waals surface area contributed by atoms with Crippen LogP contribution in [0.15, 0.2) is 36.9 Å². The summed E-state index contributed by atoms with van der Waals surface area (Å²) in [6.45, 7) is -0.146. The van der Waals surface area contributed by atoms with Gasteiger partial charge < -0.3 is 35.6 Å². The highest BCUT2D eigenvalue weighted by molar-refractivity contribution is 5.82. The highest BCUT2D eigenvalue weighted by Crippen LogP contribution is 2.31. The molecular weight excluding hydrogens is 382 g/mol. The zero-order valence-corrected chi connectivity index (χ0v) is 15.2. The van der Waals surface area contributed by atoms with Gasteiger partial charge in [0.05, 0.1) is 12.9 Å². The van der Waals surface area contributed by atoms with E-state index >= 15 is 0 Å². The molecule has 11 heteroatoms. The van der Waals surface area contributed by atoms with E-state index in [9.17, 15) is 25.5 Å². The van der Waals surface area contributed by atoms with Gasteiger partial charge in [0.1, 0.15) is 36.5 Å². The van der Waals surface area contributed by atoms with Gasteiger partial charge in [-0.25, -0.2) is 15.0 Å². The number of anilines is 1. The minimum atomic E-state index is -1.51. The Labute approximate surface area is 164 Å². The number of ether oxygens (including phenoxy) is 1. The number of nitrogens with zero attached hydrogens (tertiary/aromatic N) is 4. The summed E-state index contributed by atoms with van der Waals surface area (Å²) in [5.41, 5.74) is 1.58. The molecular formula is C18H21N5O6. The molecule has 0 radical (unpaired) electrons. The van der Waals surface area contributed by atoms with E-state index in [4.69, 9.17) is 4.74 Å². The van der Waals surface area contributed by atoms with E-state index < -0.39 is 37.3 Å². The Morgan fingerprint density at radius 1 is 1.07 bits per heavy atom. The largest absolute Gasteiger partial charge is 0.508 e. The standard InChI is InChI=1S/C18H21N5O6/c24-6-11-13(26)14(27)15(28)18(29-11)23-8-22-12-16(20-7-21-17(12)23)19-5-9-2-1-3-10(25)4-9/h1-4,7-8,11,13-15,18,24-28H,5-6H2,(H,19,20,21)/t11-,13-,14+,15-,18-/m1/s1. The number of hydrogen-bond acceptors (Lipinski definition) is 10. The van der Waals surface area contributed by atoms with E-state index in [1.54, 1.807) is 18.2 Å². The van der Waals surface area contributed by atoms with Crippen molar-refractivity contribution in [2.45, 2.75) is 37.2 Å². The van der Waals surface area contributed by atoms with Crippen LogP contribution in [0.4, 0.5) is 5.82 Å². The molecule has 0 unspecified atom stereocenters. The maximum atomic E-state index is 10.4. The number of imidazole rings is 1. The van der Waals surface area contributed by atoms with Gasteiger partial charge in [-0.1, -0.05) is 12.1 Å². The van der Waals surface area contributed by atoms with Crippen LogP contribution in [0, 0.1) is 0 Å². The Kier molecular flexibility index (Phi) is 5.30. The van der Waals surface area contributed by atoms with E-state index in [1.807, 2.05) is 6.07 Å². The van der Waals surface area contributed by atoms with Crippen LogP contribution < -0.4 is 5.32 Å². The van der Waals surface area contributed by atoms with Crippen molar-refractivity contribution in [3.63, 3.8) is 0 Å². The molecule has 154 valence electrons. The number of phenolic OH excluding ortho intramolecular Hbond substituents is 1. The summed E-state index contributed by atoms with van der Waals surface area (Å²) in [5.74, 6) is 0.589. The SMILES string of the molecule is OC[C@H]1O[C@@H](n2cnc3c(NCc4cccc(O)c4)ncnc32)[C@H](O)[C@@H](O)[C@@H]1O. The lowest BCUT2D eigenvalue weighted by Crippen LogP contribution is -2.56. The Hall–Kier alpha value is -2.83. The van der Waals surface area contributed by atoms with Crippen molar-refractivity contribution < 1.29 is 30.3 Å². The molecule has 1 fully saturated rings. The van der Waals surface area contributed by atoms with Gasteiger partial charge in [0, 0.05) is 6.54 Å². The number of aromatic hydroxyl groups is 1. The molecule has 0 aliphatic carbocycles. The molecule has 1 aliphatic heterocycles. The number of benzene rings is 1. The number of rotatable bonds is 5. The van der Waals surface area contributed by atoms with Gasteiger partial charge in [-0.15, -0.1) is 0 Å². The number of nitrogens with one attached hydrogen (secondary N) is 1. The van der Waals surface area contributed by atoms with Crippen molar-refractivity contribution in [3.8, 4) is 5.75 Å². The molecule has 5 atom stereocenters. The van der Waals surface area contributed by atoms with Gasteiger partial charge in [0.15, 0.2) is 23.2 Å². The molecule has 0 bridgehead atoms. The summed E-state index contributed by atoms with van der Waals surface area (Å²) in [6.07, 6.45) is -3.86. The average molecular weight is 403 g/mol. The first-order chi connectivity index (χ1) is 14.0. The summed E-state index contributed by atoms with van der Waals surface area (Å²) in [4.78, 5) is 12.7. The number of hydrogen-bond donors (Lipinski definition) is 6. The fourth-order valence-electron chi connectivity index (χ4n) is 3.33. The molecule has 11 nitrogen and oxygen atoms in total. The lowest BCUT2D eigenvalue weighted by molar-refractivity contribution is -0.250. The number of fused-ring (bicyclic) bond motifs is 1. The van der Waals surface area contributed by atoms with Crippen LogP contribution in [0.2, 0.25) is 0 Å². The topological polar surface area (TPSA) is 166 Å². The van der Waals surface area contributed by atoms with Crippen LogP contribution in [0.3, 0.4) is 0 Å². The predicted octanol–water partition coefficient (Wildman–Crippen LogP) is -0.884. The summed E-state index contributed by atoms with van der Waals surface area (Å²) >= 11 is 0. The van der Waals surface area contributed by atoms with Crippen molar-refractivity contribution in [1.82, 2.24) is 19.5 Å². The Balaban J connectivity index is 1.62. The van der Waals surface area contributed by atoms with E-state index in [0.29, 0.717) is 23.5 Å². The molecule has 0 spiro atoms. The van der Waals surface area contributed by atoms with Gasteiger partial charge in [0.2, 0.25) is 0 Å². The highest BCUT2D eigenvalue weighted by atomic mass is 16.6. The first-order valence-electron chi connectivity index (χ1n) is 8.99. The number of aliphatic hydroxyl groups is 4. The van der Waals surface area contributed by atoms with Crippen LogP contribution in [0.25, 0.3) is 11.2 Å². The summed E-state index contributed by atoms with van der Waals surface area (Å²) in [7, 11) is 0. The minimum absolute atomic E-state index is 0.157. The summed E-state index contributed by atoms with van der Waals surface area (Å²) in [5, 5.41) is 52.4. The smallest absolute Gasteiger partial charge is 0.167 e. The first kappa shape index (κ1) is 19.5. The molecule has 2 aromatic heterocycles. The molecule has 0 saturated carbocycles. The fourth-order valence-corrected chi connectivity index (χ4v) is 3.33. The quantitative estimate of drug-likeness (QED) is 0.315. The monoisotopic (exact) mass is 403 g/mol. The Morgan fingerprint density at radius 2 is 1.90 bits per heavy atom. The minimum Gasteiger partial charge on any atom is -0.508 e. The van der Waals surface area contributed by atoms with Crippen molar-refractivity contribution in [2.24, 2.45) is 0 Å². The predicted molar refractivity (Wildman–Crippen MR) is 99.8 cm³/mol. The van der Waals surface area contributed by atoms with Crippen molar-refractivity contribution in [1.29, 1.82) is 0 Å². The van der Waals surface area contributed by atoms with E-state index in [0.717, 1.165) is 5.56 Å². The van der Waals surface area contributed by atoms with Crippen LogP contribution in [0.1, 0.15) is 11.8 Å². The molecule has 3 heterocycles. The molecule has 1 saturated heterocycles. The van der Waals surface area contributed by atoms with Crippen molar-refractivity contribution >= 4 is 17.0 Å². The summed E-state index contributed by atoms with van der Waals surface area (Å²) < 4.78 is 6.99. The van der Waals surface area contributed by atoms with Gasteiger partial charge in [0.25, 0.3) is 0 Å². The van der Waals surface area contributed by atoms with Crippen molar-refractivity contribution in [2.75, 3.05) is 11.9 Å².